The number of fused-ring (bicyclic) bond motifs is 1. The molecule has 1 atom stereocenters. The van der Waals surface area contributed by atoms with Crippen LogP contribution in [0.3, 0.4) is 0 Å². The predicted octanol–water partition coefficient (Wildman–Crippen LogP) is 5.25. The summed E-state index contributed by atoms with van der Waals surface area (Å²) in [6.07, 6.45) is 4.41. The average molecular weight is 608 g/mol. The summed E-state index contributed by atoms with van der Waals surface area (Å²) in [5.74, 6) is -0.720. The molecule has 0 aliphatic rings. The lowest BCUT2D eigenvalue weighted by Crippen LogP contribution is -2.10. The van der Waals surface area contributed by atoms with Crippen LogP contribution in [0.4, 0.5) is 16.0 Å². The smallest absolute Gasteiger partial charge is 0.247 e. The highest BCUT2D eigenvalue weighted by atomic mass is 32.2. The zero-order valence-electron chi connectivity index (χ0n) is 24.1. The second kappa shape index (κ2) is 11.9. The van der Waals surface area contributed by atoms with Gasteiger partial charge in [-0.1, -0.05) is 12.1 Å². The molecule has 1 unspecified atom stereocenters. The first-order valence-corrected chi connectivity index (χ1v) is 15.0. The van der Waals surface area contributed by atoms with Gasteiger partial charge in [0.05, 0.1) is 27.8 Å². The first-order chi connectivity index (χ1) is 20.5. The number of carbonyl (C=O) groups excluding carboxylic acids is 1. The van der Waals surface area contributed by atoms with Gasteiger partial charge in [0.15, 0.2) is 11.5 Å². The summed E-state index contributed by atoms with van der Waals surface area (Å²) >= 11 is 0. The molecule has 0 spiro atoms. The molecule has 0 aliphatic heterocycles. The Kier molecular flexibility index (Phi) is 8.24. The third kappa shape index (κ3) is 6.10. The van der Waals surface area contributed by atoms with E-state index in [1.807, 2.05) is 27.7 Å². The second-order valence-corrected chi connectivity index (χ2v) is 11.9. The van der Waals surface area contributed by atoms with Crippen LogP contribution in [0, 0.1) is 5.82 Å². The zero-order valence-corrected chi connectivity index (χ0v) is 25.0. The van der Waals surface area contributed by atoms with Crippen LogP contribution in [0.2, 0.25) is 0 Å². The predicted molar refractivity (Wildman–Crippen MR) is 156 cm³/mol. The summed E-state index contributed by atoms with van der Waals surface area (Å²) < 4.78 is 56.2. The van der Waals surface area contributed by atoms with E-state index < -0.39 is 15.7 Å². The van der Waals surface area contributed by atoms with E-state index in [1.54, 1.807) is 17.1 Å². The molecule has 0 fully saturated rings. The van der Waals surface area contributed by atoms with E-state index in [0.717, 1.165) is 6.07 Å². The molecule has 0 bridgehead atoms. The Bertz CT molecular complexity index is 1920. The Hall–Kier alpha value is -4.69. The van der Waals surface area contributed by atoms with Crippen LogP contribution in [-0.4, -0.2) is 56.3 Å². The summed E-state index contributed by atoms with van der Waals surface area (Å²) in [5, 5.41) is 11.5. The van der Waals surface area contributed by atoms with Gasteiger partial charge in [-0.15, -0.1) is 5.10 Å². The number of hydrogen-bond acceptors (Lipinski definition) is 10. The molecule has 0 radical (unpaired) electrons. The van der Waals surface area contributed by atoms with Gasteiger partial charge < -0.3 is 14.8 Å². The standard InChI is InChI=1S/C29H30FN7O5S/c1-6-41-19(5)36-15-21(14-32-36)26-27(42-17(2)3)28-34-29(35-37(28)16-31-26)33-25-11-10-23(13-24(25)30)43(39,40)22-9-7-8-20(12-22)18(4)38/h7-17,19H,6H2,1-5H3,(H,33,35). The van der Waals surface area contributed by atoms with E-state index in [-0.39, 0.29) is 45.1 Å². The average Bonchev–Trinajstić information content (AvgIpc) is 3.62. The van der Waals surface area contributed by atoms with Gasteiger partial charge in [-0.25, -0.2) is 22.5 Å². The monoisotopic (exact) mass is 607 g/mol. The maximum absolute atomic E-state index is 15.2. The molecule has 5 aromatic rings. The fraction of sp³-hybridized carbons (Fsp3) is 0.276. The van der Waals surface area contributed by atoms with Crippen molar-refractivity contribution >= 4 is 32.9 Å². The number of nitrogens with zero attached hydrogens (tertiary/aromatic N) is 6. The lowest BCUT2D eigenvalue weighted by atomic mass is 10.2. The maximum Gasteiger partial charge on any atom is 0.247 e. The number of hydrogen-bond donors (Lipinski definition) is 1. The highest BCUT2D eigenvalue weighted by Crippen LogP contribution is 2.33. The third-order valence-corrected chi connectivity index (χ3v) is 8.15. The van der Waals surface area contributed by atoms with E-state index in [1.165, 1.54) is 54.2 Å². The zero-order chi connectivity index (χ0) is 30.9. The number of Topliss-reactive ketones (excluding diaryl/α,β-unsaturated/α-hetero) is 1. The third-order valence-electron chi connectivity index (χ3n) is 6.40. The minimum absolute atomic E-state index is 0.0388. The van der Waals surface area contributed by atoms with E-state index in [0.29, 0.717) is 29.3 Å². The Labute approximate surface area is 247 Å². The van der Waals surface area contributed by atoms with Gasteiger partial charge >= 0.3 is 0 Å². The summed E-state index contributed by atoms with van der Waals surface area (Å²) in [5.41, 5.74) is 1.70. The van der Waals surface area contributed by atoms with Gasteiger partial charge in [0.2, 0.25) is 21.4 Å². The van der Waals surface area contributed by atoms with Crippen molar-refractivity contribution in [1.82, 2.24) is 29.4 Å². The Morgan fingerprint density at radius 1 is 1.12 bits per heavy atom. The largest absolute Gasteiger partial charge is 0.485 e. The number of rotatable bonds is 11. The first kappa shape index (κ1) is 29.8. The molecule has 0 saturated carbocycles. The summed E-state index contributed by atoms with van der Waals surface area (Å²) in [7, 11) is -4.08. The van der Waals surface area contributed by atoms with Crippen LogP contribution in [-0.2, 0) is 14.6 Å². The van der Waals surface area contributed by atoms with Crippen molar-refractivity contribution in [3.05, 3.63) is 72.6 Å². The van der Waals surface area contributed by atoms with Crippen LogP contribution in [0.5, 0.6) is 5.75 Å². The van der Waals surface area contributed by atoms with Crippen molar-refractivity contribution < 1.29 is 27.1 Å². The molecule has 3 heterocycles. The van der Waals surface area contributed by atoms with E-state index in [2.05, 4.69) is 25.5 Å². The first-order valence-electron chi connectivity index (χ1n) is 13.5. The minimum atomic E-state index is -4.08. The molecular weight excluding hydrogens is 577 g/mol. The molecule has 5 rings (SSSR count). The van der Waals surface area contributed by atoms with Gasteiger partial charge in [-0.2, -0.15) is 14.6 Å². The lowest BCUT2D eigenvalue weighted by molar-refractivity contribution is 0.0160. The van der Waals surface area contributed by atoms with Gasteiger partial charge in [0.25, 0.3) is 0 Å². The van der Waals surface area contributed by atoms with Gasteiger partial charge in [-0.3, -0.25) is 4.79 Å². The molecular formula is C29H30FN7O5S. The fourth-order valence-electron chi connectivity index (χ4n) is 4.32. The van der Waals surface area contributed by atoms with Crippen molar-refractivity contribution in [3.63, 3.8) is 0 Å². The SMILES string of the molecule is CCOC(C)n1cc(-c2ncn3nc(Nc4ccc(S(=O)(=O)c5cccc(C(C)=O)c5)cc4F)nc3c2OC(C)C)cn1. The number of ether oxygens (including phenoxy) is 2. The van der Waals surface area contributed by atoms with Crippen LogP contribution >= 0.6 is 0 Å². The minimum Gasteiger partial charge on any atom is -0.485 e. The summed E-state index contributed by atoms with van der Waals surface area (Å²) in [6, 6.07) is 9.07. The number of benzene rings is 2. The molecule has 2 aromatic carbocycles. The topological polar surface area (TPSA) is 143 Å². The van der Waals surface area contributed by atoms with Crippen molar-refractivity contribution in [2.75, 3.05) is 11.9 Å². The quantitative estimate of drug-likeness (QED) is 0.198. The van der Waals surface area contributed by atoms with E-state index >= 15 is 4.39 Å². The van der Waals surface area contributed by atoms with Crippen LogP contribution in [0.15, 0.2) is 71.0 Å². The number of aromatic nitrogens is 6. The number of sulfone groups is 1. The van der Waals surface area contributed by atoms with Crippen molar-refractivity contribution in [2.24, 2.45) is 0 Å². The van der Waals surface area contributed by atoms with Gasteiger partial charge in [-0.05, 0) is 65.0 Å². The highest BCUT2D eigenvalue weighted by molar-refractivity contribution is 7.91. The molecule has 12 nitrogen and oxygen atoms in total. The van der Waals surface area contributed by atoms with Crippen molar-refractivity contribution in [3.8, 4) is 17.0 Å². The van der Waals surface area contributed by atoms with Crippen molar-refractivity contribution in [1.29, 1.82) is 0 Å². The Morgan fingerprint density at radius 3 is 2.58 bits per heavy atom. The summed E-state index contributed by atoms with van der Waals surface area (Å²) in [4.78, 5) is 20.4. The maximum atomic E-state index is 15.2. The molecule has 1 N–H and O–H groups in total. The lowest BCUT2D eigenvalue weighted by Gasteiger charge is -2.13. The normalized spacial score (nSPS) is 12.5. The number of nitrogens with one attached hydrogen (secondary N) is 1. The number of anilines is 2. The van der Waals surface area contributed by atoms with Crippen LogP contribution in [0.25, 0.3) is 16.9 Å². The van der Waals surface area contributed by atoms with Crippen LogP contribution < -0.4 is 10.1 Å². The molecule has 0 saturated heterocycles. The molecule has 0 aliphatic carbocycles. The van der Waals surface area contributed by atoms with E-state index in [9.17, 15) is 13.2 Å². The van der Waals surface area contributed by atoms with Gasteiger partial charge in [0, 0.05) is 23.9 Å². The molecule has 0 amide bonds. The number of carbonyl (C=O) groups is 1. The number of halogens is 1. The van der Waals surface area contributed by atoms with Crippen molar-refractivity contribution in [2.45, 2.75) is 56.7 Å². The molecule has 14 heteroatoms. The second-order valence-electron chi connectivity index (χ2n) is 9.91. The molecule has 43 heavy (non-hydrogen) atoms. The molecule has 3 aromatic heterocycles. The van der Waals surface area contributed by atoms with Crippen LogP contribution in [0.1, 0.15) is 51.2 Å². The summed E-state index contributed by atoms with van der Waals surface area (Å²) in [6.45, 7) is 9.39. The van der Waals surface area contributed by atoms with Gasteiger partial charge in [0.1, 0.15) is 24.1 Å². The Balaban J connectivity index is 1.46. The number of ketones is 1. The van der Waals surface area contributed by atoms with E-state index in [4.69, 9.17) is 9.47 Å². The molecule has 224 valence electrons. The highest BCUT2D eigenvalue weighted by Gasteiger charge is 2.23. The Morgan fingerprint density at radius 2 is 1.88 bits per heavy atom. The fourth-order valence-corrected chi connectivity index (χ4v) is 5.64.